The molecule has 0 aliphatic carbocycles. The number of furan rings is 1. The summed E-state index contributed by atoms with van der Waals surface area (Å²) >= 11 is 1.88. The van der Waals surface area contributed by atoms with E-state index in [1.807, 2.05) is 17.4 Å². The van der Waals surface area contributed by atoms with Crippen LogP contribution in [0.3, 0.4) is 0 Å². The van der Waals surface area contributed by atoms with Crippen LogP contribution in [0, 0.1) is 0 Å². The second kappa shape index (κ2) is 11.9. The van der Waals surface area contributed by atoms with Gasteiger partial charge in [0.15, 0.2) is 0 Å². The highest BCUT2D eigenvalue weighted by atomic mass is 32.1. The van der Waals surface area contributed by atoms with Crippen molar-refractivity contribution in [3.8, 4) is 22.3 Å². The Balaban J connectivity index is 1.13. The van der Waals surface area contributed by atoms with E-state index in [-0.39, 0.29) is 0 Å². The average Bonchev–Trinajstić information content (AvgIpc) is 3.81. The molecule has 11 rings (SSSR count). The summed E-state index contributed by atoms with van der Waals surface area (Å²) in [6.45, 7) is 0. The number of thiophene rings is 1. The minimum atomic E-state index is 0.878. The summed E-state index contributed by atoms with van der Waals surface area (Å²) in [6.07, 6.45) is 0. The molecule has 53 heavy (non-hydrogen) atoms. The van der Waals surface area contributed by atoms with Gasteiger partial charge < -0.3 is 9.32 Å². The van der Waals surface area contributed by atoms with Crippen molar-refractivity contribution in [2.45, 2.75) is 0 Å². The largest absolute Gasteiger partial charge is 0.456 e. The number of hydrogen-bond donors (Lipinski definition) is 0. The summed E-state index contributed by atoms with van der Waals surface area (Å²) in [5.41, 5.74) is 9.97. The number of anilines is 3. The fourth-order valence-electron chi connectivity index (χ4n) is 8.16. The van der Waals surface area contributed by atoms with E-state index in [4.69, 9.17) is 4.42 Å². The predicted octanol–water partition coefficient (Wildman–Crippen LogP) is 15.1. The molecule has 0 unspecified atom stereocenters. The fraction of sp³-hybridized carbons (Fsp3) is 0. The van der Waals surface area contributed by atoms with Gasteiger partial charge in [-0.05, 0) is 86.3 Å². The van der Waals surface area contributed by atoms with Crippen molar-refractivity contribution < 1.29 is 4.42 Å². The van der Waals surface area contributed by atoms with Gasteiger partial charge >= 0.3 is 0 Å². The molecule has 0 fully saturated rings. The maximum absolute atomic E-state index is 6.43. The first kappa shape index (κ1) is 30.0. The maximum Gasteiger partial charge on any atom is 0.137 e. The predicted molar refractivity (Wildman–Crippen MR) is 227 cm³/mol. The van der Waals surface area contributed by atoms with E-state index >= 15 is 0 Å². The molecule has 248 valence electrons. The second-order valence-electron chi connectivity index (χ2n) is 13.7. The molecular weight excluding hydrogens is 663 g/mol. The van der Waals surface area contributed by atoms with E-state index in [1.165, 1.54) is 64.0 Å². The van der Waals surface area contributed by atoms with Crippen LogP contribution >= 0.6 is 11.3 Å². The zero-order valence-corrected chi connectivity index (χ0v) is 29.5. The van der Waals surface area contributed by atoms with Gasteiger partial charge in [0.2, 0.25) is 0 Å². The number of rotatable bonds is 5. The summed E-state index contributed by atoms with van der Waals surface area (Å²) in [5.74, 6) is 0. The molecule has 0 N–H and O–H groups in total. The van der Waals surface area contributed by atoms with Gasteiger partial charge in [-0.1, -0.05) is 146 Å². The van der Waals surface area contributed by atoms with Crippen molar-refractivity contribution in [2.24, 2.45) is 0 Å². The van der Waals surface area contributed by atoms with Gasteiger partial charge in [-0.15, -0.1) is 11.3 Å². The van der Waals surface area contributed by atoms with E-state index in [0.29, 0.717) is 0 Å². The third kappa shape index (κ3) is 4.78. The van der Waals surface area contributed by atoms with Gasteiger partial charge in [0.05, 0.1) is 21.5 Å². The van der Waals surface area contributed by atoms with Crippen LogP contribution in [0.1, 0.15) is 0 Å². The lowest BCUT2D eigenvalue weighted by Crippen LogP contribution is -2.10. The van der Waals surface area contributed by atoms with Crippen LogP contribution in [-0.2, 0) is 0 Å². The zero-order chi connectivity index (χ0) is 34.9. The standard InChI is InChI=1S/C50H31NOS/c1-2-11-33(12-3-1)39-16-8-17-40-41-18-9-20-45(50(41)53-49(39)40)51(44-19-10-22-47-48(44)42-15-6-7-21-46(42)52-47)37-29-27-32(28-30-37)36-26-25-35-24-23-34-13-4-5-14-38(34)43(35)31-36/h1-31H. The minimum absolute atomic E-state index is 0.878. The van der Waals surface area contributed by atoms with Crippen LogP contribution in [0.4, 0.5) is 17.1 Å². The number of fused-ring (bicyclic) bond motifs is 9. The molecule has 2 heterocycles. The molecular formula is C50H31NOS. The number of hydrogen-bond acceptors (Lipinski definition) is 3. The highest BCUT2D eigenvalue weighted by Gasteiger charge is 2.23. The molecule has 9 aromatic carbocycles. The van der Waals surface area contributed by atoms with Gasteiger partial charge in [-0.3, -0.25) is 0 Å². The van der Waals surface area contributed by atoms with Gasteiger partial charge in [-0.25, -0.2) is 0 Å². The summed E-state index contributed by atoms with van der Waals surface area (Å²) in [7, 11) is 0. The molecule has 0 saturated heterocycles. The number of nitrogens with zero attached hydrogens (tertiary/aromatic N) is 1. The quantitative estimate of drug-likeness (QED) is 0.167. The van der Waals surface area contributed by atoms with Crippen molar-refractivity contribution in [1.29, 1.82) is 0 Å². The van der Waals surface area contributed by atoms with E-state index in [0.717, 1.165) is 39.0 Å². The molecule has 0 aliphatic rings. The first-order valence-electron chi connectivity index (χ1n) is 18.0. The zero-order valence-electron chi connectivity index (χ0n) is 28.7. The molecule has 2 nitrogen and oxygen atoms in total. The highest BCUT2D eigenvalue weighted by Crippen LogP contribution is 2.49. The lowest BCUT2D eigenvalue weighted by Gasteiger charge is -2.27. The van der Waals surface area contributed by atoms with Gasteiger partial charge in [0, 0.05) is 26.5 Å². The first-order valence-corrected chi connectivity index (χ1v) is 18.8. The number of para-hydroxylation sites is 1. The van der Waals surface area contributed by atoms with Crippen molar-refractivity contribution >= 4 is 92.1 Å². The van der Waals surface area contributed by atoms with Crippen LogP contribution in [-0.4, -0.2) is 0 Å². The summed E-state index contributed by atoms with van der Waals surface area (Å²) in [5, 5.41) is 9.82. The van der Waals surface area contributed by atoms with Crippen LogP contribution in [0.25, 0.3) is 85.9 Å². The van der Waals surface area contributed by atoms with Crippen molar-refractivity contribution in [2.75, 3.05) is 4.90 Å². The van der Waals surface area contributed by atoms with Crippen LogP contribution in [0.15, 0.2) is 192 Å². The first-order chi connectivity index (χ1) is 26.3. The lowest BCUT2D eigenvalue weighted by molar-refractivity contribution is 0.669. The second-order valence-corrected chi connectivity index (χ2v) is 14.7. The van der Waals surface area contributed by atoms with E-state index in [1.54, 1.807) is 0 Å². The van der Waals surface area contributed by atoms with Gasteiger partial charge in [-0.2, -0.15) is 0 Å². The Morgan fingerprint density at radius 3 is 1.87 bits per heavy atom. The summed E-state index contributed by atoms with van der Waals surface area (Å²) in [6, 6.07) is 67.9. The smallest absolute Gasteiger partial charge is 0.137 e. The Bertz CT molecular complexity index is 3170. The molecule has 0 bridgehead atoms. The SMILES string of the molecule is c1ccc(-c2cccc3c2sc2c(N(c4ccc(-c5ccc6ccc7ccccc7c6c5)cc4)c4cccc5oc6ccccc6c45)cccc23)cc1. The van der Waals surface area contributed by atoms with Crippen LogP contribution in [0.2, 0.25) is 0 Å². The van der Waals surface area contributed by atoms with E-state index in [9.17, 15) is 0 Å². The third-order valence-electron chi connectivity index (χ3n) is 10.7. The maximum atomic E-state index is 6.43. The molecule has 0 spiro atoms. The van der Waals surface area contributed by atoms with Crippen molar-refractivity contribution in [3.05, 3.63) is 188 Å². The average molecular weight is 694 g/mol. The Hall–Kier alpha value is -6.68. The molecule has 0 atom stereocenters. The molecule has 3 heteroatoms. The third-order valence-corrected chi connectivity index (χ3v) is 11.9. The van der Waals surface area contributed by atoms with Crippen LogP contribution < -0.4 is 4.90 Å². The van der Waals surface area contributed by atoms with Gasteiger partial charge in [0.1, 0.15) is 11.2 Å². The summed E-state index contributed by atoms with van der Waals surface area (Å²) in [4.78, 5) is 2.43. The molecule has 0 saturated carbocycles. The van der Waals surface area contributed by atoms with E-state index in [2.05, 4.69) is 187 Å². The lowest BCUT2D eigenvalue weighted by atomic mass is 9.97. The van der Waals surface area contributed by atoms with Crippen molar-refractivity contribution in [3.63, 3.8) is 0 Å². The van der Waals surface area contributed by atoms with Crippen LogP contribution in [0.5, 0.6) is 0 Å². The Kier molecular flexibility index (Phi) is 6.76. The topological polar surface area (TPSA) is 16.4 Å². The molecule has 0 radical (unpaired) electrons. The van der Waals surface area contributed by atoms with Gasteiger partial charge in [0.25, 0.3) is 0 Å². The molecule has 0 aliphatic heterocycles. The molecule has 2 aromatic heterocycles. The van der Waals surface area contributed by atoms with Crippen molar-refractivity contribution in [1.82, 2.24) is 0 Å². The Morgan fingerprint density at radius 1 is 0.377 bits per heavy atom. The van der Waals surface area contributed by atoms with E-state index < -0.39 is 0 Å². The highest BCUT2D eigenvalue weighted by molar-refractivity contribution is 7.27. The number of benzene rings is 9. The Labute approximate surface area is 310 Å². The normalized spacial score (nSPS) is 11.8. The fourth-order valence-corrected chi connectivity index (χ4v) is 9.50. The monoisotopic (exact) mass is 693 g/mol. The summed E-state index contributed by atoms with van der Waals surface area (Å²) < 4.78 is 8.98. The molecule has 11 aromatic rings. The Morgan fingerprint density at radius 2 is 1.00 bits per heavy atom. The minimum Gasteiger partial charge on any atom is -0.456 e. The molecule has 0 amide bonds.